The van der Waals surface area contributed by atoms with E-state index in [-0.39, 0.29) is 5.91 Å². The van der Waals surface area contributed by atoms with Crippen LogP contribution in [0.4, 0.5) is 0 Å². The van der Waals surface area contributed by atoms with Gasteiger partial charge in [-0.3, -0.25) is 4.79 Å². The van der Waals surface area contributed by atoms with Gasteiger partial charge in [0.15, 0.2) is 6.04 Å². The van der Waals surface area contributed by atoms with E-state index in [1.165, 1.54) is 11.3 Å². The molecule has 0 saturated heterocycles. The number of carbonyl (C=O) groups excluding carboxylic acids is 1. The number of thiophene rings is 1. The molecular weight excluding hydrogens is 286 g/mol. The molecule has 0 bridgehead atoms. The van der Waals surface area contributed by atoms with Crippen molar-refractivity contribution in [2.45, 2.75) is 26.3 Å². The lowest BCUT2D eigenvalue weighted by Crippen LogP contribution is -2.33. The zero-order valence-corrected chi connectivity index (χ0v) is 12.7. The Morgan fingerprint density at radius 2 is 1.95 bits per heavy atom. The largest absolute Gasteiger partial charge is 0.479 e. The summed E-state index contributed by atoms with van der Waals surface area (Å²) in [6.07, 6.45) is 0.858. The number of aliphatic carboxylic acids is 1. The van der Waals surface area contributed by atoms with Gasteiger partial charge in [0.1, 0.15) is 0 Å². The number of hydrogen-bond donors (Lipinski definition) is 2. The maximum absolute atomic E-state index is 12.3. The van der Waals surface area contributed by atoms with Gasteiger partial charge in [-0.2, -0.15) is 0 Å². The molecule has 0 saturated carbocycles. The second kappa shape index (κ2) is 6.54. The molecule has 0 aliphatic rings. The Morgan fingerprint density at radius 1 is 1.29 bits per heavy atom. The van der Waals surface area contributed by atoms with Gasteiger partial charge in [-0.15, -0.1) is 11.3 Å². The predicted molar refractivity (Wildman–Crippen MR) is 82.7 cm³/mol. The third kappa shape index (κ3) is 3.49. The zero-order valence-electron chi connectivity index (χ0n) is 11.9. The van der Waals surface area contributed by atoms with Crippen molar-refractivity contribution in [1.29, 1.82) is 0 Å². The van der Waals surface area contributed by atoms with E-state index < -0.39 is 12.0 Å². The molecule has 2 N–H and O–H groups in total. The molecule has 1 unspecified atom stereocenters. The van der Waals surface area contributed by atoms with E-state index in [0.29, 0.717) is 10.4 Å². The topological polar surface area (TPSA) is 66.4 Å². The molecule has 110 valence electrons. The Kier molecular flexibility index (Phi) is 4.75. The Hall–Kier alpha value is -2.14. The number of rotatable bonds is 5. The van der Waals surface area contributed by atoms with Crippen LogP contribution < -0.4 is 5.32 Å². The molecule has 1 aromatic carbocycles. The van der Waals surface area contributed by atoms with E-state index in [0.717, 1.165) is 16.9 Å². The Balaban J connectivity index is 2.21. The first-order valence-electron chi connectivity index (χ1n) is 6.70. The molecule has 2 rings (SSSR count). The number of carboxylic acids is 1. The third-order valence-corrected chi connectivity index (χ3v) is 4.37. The van der Waals surface area contributed by atoms with E-state index in [1.54, 1.807) is 30.3 Å². The van der Waals surface area contributed by atoms with Gasteiger partial charge >= 0.3 is 5.97 Å². The van der Waals surface area contributed by atoms with Crippen LogP contribution in [-0.4, -0.2) is 17.0 Å². The zero-order chi connectivity index (χ0) is 15.4. The SMILES string of the molecule is CCc1cc(C(=O)NC(C(=O)O)c2ccccc2)sc1C. The first-order chi connectivity index (χ1) is 10.0. The van der Waals surface area contributed by atoms with E-state index >= 15 is 0 Å². The molecule has 2 aromatic rings. The van der Waals surface area contributed by atoms with Crippen molar-refractivity contribution in [3.05, 3.63) is 57.3 Å². The molecule has 0 fully saturated rings. The summed E-state index contributed by atoms with van der Waals surface area (Å²) in [7, 11) is 0. The first-order valence-corrected chi connectivity index (χ1v) is 7.52. The minimum Gasteiger partial charge on any atom is -0.479 e. The average molecular weight is 303 g/mol. The molecule has 0 radical (unpaired) electrons. The molecule has 21 heavy (non-hydrogen) atoms. The van der Waals surface area contributed by atoms with E-state index in [2.05, 4.69) is 5.32 Å². The van der Waals surface area contributed by atoms with Crippen molar-refractivity contribution < 1.29 is 14.7 Å². The number of hydrogen-bond acceptors (Lipinski definition) is 3. The number of amides is 1. The van der Waals surface area contributed by atoms with Gasteiger partial charge in [-0.25, -0.2) is 4.79 Å². The molecule has 1 amide bonds. The molecule has 5 heteroatoms. The maximum atomic E-state index is 12.3. The van der Waals surface area contributed by atoms with Crippen LogP contribution in [0.1, 0.15) is 38.6 Å². The van der Waals surface area contributed by atoms with Gasteiger partial charge in [0.05, 0.1) is 4.88 Å². The maximum Gasteiger partial charge on any atom is 0.330 e. The van der Waals surface area contributed by atoms with Gasteiger partial charge in [0.25, 0.3) is 5.91 Å². The summed E-state index contributed by atoms with van der Waals surface area (Å²) < 4.78 is 0. The highest BCUT2D eigenvalue weighted by Crippen LogP contribution is 2.23. The molecular formula is C16H17NO3S. The molecule has 0 spiro atoms. The van der Waals surface area contributed by atoms with Gasteiger partial charge in [0, 0.05) is 4.88 Å². The van der Waals surface area contributed by atoms with Crippen LogP contribution in [0.2, 0.25) is 0 Å². The highest BCUT2D eigenvalue weighted by molar-refractivity contribution is 7.14. The fourth-order valence-electron chi connectivity index (χ4n) is 2.12. The van der Waals surface area contributed by atoms with Gasteiger partial charge < -0.3 is 10.4 Å². The molecule has 1 heterocycles. The average Bonchev–Trinajstić information content (AvgIpc) is 2.86. The summed E-state index contributed by atoms with van der Waals surface area (Å²) in [5.74, 6) is -1.42. The Bertz CT molecular complexity index is 649. The van der Waals surface area contributed by atoms with Crippen molar-refractivity contribution >= 4 is 23.2 Å². The molecule has 0 aliphatic heterocycles. The highest BCUT2D eigenvalue weighted by atomic mass is 32.1. The minimum atomic E-state index is -1.07. The van der Waals surface area contributed by atoms with Crippen molar-refractivity contribution in [2.75, 3.05) is 0 Å². The van der Waals surface area contributed by atoms with E-state index in [4.69, 9.17) is 0 Å². The standard InChI is InChI=1S/C16H17NO3S/c1-3-11-9-13(21-10(11)2)15(18)17-14(16(19)20)12-7-5-4-6-8-12/h4-9,14H,3H2,1-2H3,(H,17,18)(H,19,20). The van der Waals surface area contributed by atoms with Crippen LogP contribution >= 0.6 is 11.3 Å². The number of nitrogens with one attached hydrogen (secondary N) is 1. The number of carboxylic acid groups (broad SMARTS) is 1. The summed E-state index contributed by atoms with van der Waals surface area (Å²) >= 11 is 1.39. The summed E-state index contributed by atoms with van der Waals surface area (Å²) in [5.41, 5.74) is 1.68. The third-order valence-electron chi connectivity index (χ3n) is 3.28. The Labute approximate surface area is 127 Å². The van der Waals surface area contributed by atoms with Crippen molar-refractivity contribution in [3.8, 4) is 0 Å². The van der Waals surface area contributed by atoms with E-state index in [1.807, 2.05) is 19.9 Å². The van der Waals surface area contributed by atoms with Crippen molar-refractivity contribution in [3.63, 3.8) is 0 Å². The summed E-state index contributed by atoms with van der Waals surface area (Å²) in [4.78, 5) is 25.3. The lowest BCUT2D eigenvalue weighted by Gasteiger charge is -2.14. The number of carbonyl (C=O) groups is 2. The van der Waals surface area contributed by atoms with Crippen molar-refractivity contribution in [1.82, 2.24) is 5.32 Å². The molecule has 1 aromatic heterocycles. The van der Waals surface area contributed by atoms with Gasteiger partial charge in [-0.1, -0.05) is 37.3 Å². The lowest BCUT2D eigenvalue weighted by atomic mass is 10.1. The van der Waals surface area contributed by atoms with Gasteiger partial charge in [-0.05, 0) is 30.5 Å². The van der Waals surface area contributed by atoms with Crippen molar-refractivity contribution in [2.24, 2.45) is 0 Å². The summed E-state index contributed by atoms with van der Waals surface area (Å²) in [5, 5.41) is 11.9. The molecule has 0 aliphatic carbocycles. The minimum absolute atomic E-state index is 0.348. The smallest absolute Gasteiger partial charge is 0.330 e. The highest BCUT2D eigenvalue weighted by Gasteiger charge is 2.23. The van der Waals surface area contributed by atoms with Crippen LogP contribution in [-0.2, 0) is 11.2 Å². The van der Waals surface area contributed by atoms with Crippen LogP contribution in [0, 0.1) is 6.92 Å². The first kappa shape index (κ1) is 15.3. The molecule has 4 nitrogen and oxygen atoms in total. The van der Waals surface area contributed by atoms with Crippen LogP contribution in [0.3, 0.4) is 0 Å². The summed E-state index contributed by atoms with van der Waals surface area (Å²) in [6, 6.07) is 9.49. The second-order valence-electron chi connectivity index (χ2n) is 4.70. The van der Waals surface area contributed by atoms with Gasteiger partial charge in [0.2, 0.25) is 0 Å². The fourth-order valence-corrected chi connectivity index (χ4v) is 3.14. The molecule has 1 atom stereocenters. The number of aryl methyl sites for hydroxylation is 2. The second-order valence-corrected chi connectivity index (χ2v) is 5.96. The summed E-state index contributed by atoms with van der Waals surface area (Å²) in [6.45, 7) is 3.99. The van der Waals surface area contributed by atoms with Crippen LogP contribution in [0.15, 0.2) is 36.4 Å². The normalized spacial score (nSPS) is 11.9. The monoisotopic (exact) mass is 303 g/mol. The quantitative estimate of drug-likeness (QED) is 0.891. The Morgan fingerprint density at radius 3 is 2.48 bits per heavy atom. The van der Waals surface area contributed by atoms with Crippen LogP contribution in [0.25, 0.3) is 0 Å². The fraction of sp³-hybridized carbons (Fsp3) is 0.250. The predicted octanol–water partition coefficient (Wildman–Crippen LogP) is 3.17. The van der Waals surface area contributed by atoms with Crippen LogP contribution in [0.5, 0.6) is 0 Å². The number of benzene rings is 1. The lowest BCUT2D eigenvalue weighted by molar-refractivity contribution is -0.139. The van der Waals surface area contributed by atoms with E-state index in [9.17, 15) is 14.7 Å².